The van der Waals surface area contributed by atoms with Gasteiger partial charge in [-0.1, -0.05) is 54.1 Å². The van der Waals surface area contributed by atoms with Gasteiger partial charge in [0.15, 0.2) is 0 Å². The Hall–Kier alpha value is -1.89. The van der Waals surface area contributed by atoms with E-state index < -0.39 is 10.0 Å². The van der Waals surface area contributed by atoms with Crippen LogP contribution in [0.2, 0.25) is 5.02 Å². The first-order valence-electron chi connectivity index (χ1n) is 7.41. The van der Waals surface area contributed by atoms with Crippen LogP contribution >= 0.6 is 11.6 Å². The van der Waals surface area contributed by atoms with Crippen molar-refractivity contribution in [1.29, 1.82) is 0 Å². The third-order valence-corrected chi connectivity index (χ3v) is 5.59. The van der Waals surface area contributed by atoms with Crippen LogP contribution in [0.3, 0.4) is 0 Å². The molecule has 128 valence electrons. The Morgan fingerprint density at radius 3 is 2.38 bits per heavy atom. The van der Waals surface area contributed by atoms with Crippen molar-refractivity contribution in [3.8, 4) is 0 Å². The molecule has 0 aliphatic carbocycles. The molecule has 0 saturated carbocycles. The predicted octanol–water partition coefficient (Wildman–Crippen LogP) is 3.13. The van der Waals surface area contributed by atoms with Crippen molar-refractivity contribution in [1.82, 2.24) is 4.31 Å². The summed E-state index contributed by atoms with van der Waals surface area (Å²) >= 11 is 5.96. The van der Waals surface area contributed by atoms with Crippen molar-refractivity contribution < 1.29 is 13.2 Å². The van der Waals surface area contributed by atoms with Crippen LogP contribution in [0.4, 0.5) is 5.69 Å². The molecule has 0 fully saturated rings. The van der Waals surface area contributed by atoms with Crippen LogP contribution in [-0.2, 0) is 21.4 Å². The minimum atomic E-state index is -3.52. The topological polar surface area (TPSA) is 66.5 Å². The van der Waals surface area contributed by atoms with Gasteiger partial charge in [-0.2, -0.15) is 0 Å². The maximum atomic E-state index is 12.3. The summed E-state index contributed by atoms with van der Waals surface area (Å²) < 4.78 is 25.8. The third kappa shape index (κ3) is 5.33. The van der Waals surface area contributed by atoms with Crippen molar-refractivity contribution in [3.05, 3.63) is 65.2 Å². The zero-order chi connectivity index (χ0) is 17.6. The number of amides is 1. The summed E-state index contributed by atoms with van der Waals surface area (Å²) in [6.07, 6.45) is -0.132. The van der Waals surface area contributed by atoms with Gasteiger partial charge in [-0.3, -0.25) is 4.79 Å². The highest BCUT2D eigenvalue weighted by Gasteiger charge is 2.19. The maximum Gasteiger partial charge on any atom is 0.225 e. The number of nitrogens with one attached hydrogen (secondary N) is 1. The second-order valence-corrected chi connectivity index (χ2v) is 7.94. The van der Waals surface area contributed by atoms with Gasteiger partial charge in [0.05, 0.1) is 16.5 Å². The lowest BCUT2D eigenvalue weighted by atomic mass is 10.2. The molecular formula is C17H19ClN2O3S. The van der Waals surface area contributed by atoms with Gasteiger partial charge in [0, 0.05) is 20.0 Å². The molecular weight excluding hydrogens is 348 g/mol. The average molecular weight is 367 g/mol. The average Bonchev–Trinajstić information content (AvgIpc) is 2.56. The Morgan fingerprint density at radius 2 is 1.71 bits per heavy atom. The van der Waals surface area contributed by atoms with E-state index in [1.165, 1.54) is 11.4 Å². The molecule has 7 heteroatoms. The summed E-state index contributed by atoms with van der Waals surface area (Å²) in [4.78, 5) is 11.9. The van der Waals surface area contributed by atoms with Crippen LogP contribution in [-0.4, -0.2) is 31.4 Å². The number of rotatable bonds is 7. The number of carbonyl (C=O) groups excluding carboxylic acids is 1. The van der Waals surface area contributed by atoms with Gasteiger partial charge in [-0.05, 0) is 17.7 Å². The first-order valence-corrected chi connectivity index (χ1v) is 9.39. The van der Waals surface area contributed by atoms with Crippen LogP contribution in [0.1, 0.15) is 12.0 Å². The number of benzene rings is 2. The molecule has 5 nitrogen and oxygen atoms in total. The second-order valence-electron chi connectivity index (χ2n) is 5.34. The molecule has 0 spiro atoms. The molecule has 0 unspecified atom stereocenters. The Balaban J connectivity index is 1.90. The summed E-state index contributed by atoms with van der Waals surface area (Å²) in [6, 6.07) is 16.1. The van der Waals surface area contributed by atoms with E-state index in [2.05, 4.69) is 5.32 Å². The highest BCUT2D eigenvalue weighted by molar-refractivity contribution is 7.89. The highest BCUT2D eigenvalue weighted by atomic mass is 35.5. The molecule has 0 saturated heterocycles. The van der Waals surface area contributed by atoms with E-state index in [0.717, 1.165) is 5.56 Å². The number of para-hydroxylation sites is 1. The van der Waals surface area contributed by atoms with Gasteiger partial charge >= 0.3 is 0 Å². The van der Waals surface area contributed by atoms with Gasteiger partial charge in [0.1, 0.15) is 0 Å². The molecule has 2 rings (SSSR count). The largest absolute Gasteiger partial charge is 0.325 e. The Morgan fingerprint density at radius 1 is 1.08 bits per heavy atom. The number of anilines is 1. The van der Waals surface area contributed by atoms with Gasteiger partial charge < -0.3 is 5.32 Å². The fraction of sp³-hybridized carbons (Fsp3) is 0.235. The first kappa shape index (κ1) is 18.4. The number of carbonyl (C=O) groups is 1. The molecule has 0 aromatic heterocycles. The van der Waals surface area contributed by atoms with Gasteiger partial charge in [-0.15, -0.1) is 0 Å². The zero-order valence-corrected chi connectivity index (χ0v) is 14.8. The first-order chi connectivity index (χ1) is 11.4. The lowest BCUT2D eigenvalue weighted by Crippen LogP contribution is -2.30. The molecule has 0 bridgehead atoms. The smallest absolute Gasteiger partial charge is 0.225 e. The number of nitrogens with zero attached hydrogens (tertiary/aromatic N) is 1. The maximum absolute atomic E-state index is 12.3. The van der Waals surface area contributed by atoms with Crippen molar-refractivity contribution in [3.63, 3.8) is 0 Å². The summed E-state index contributed by atoms with van der Waals surface area (Å²) in [7, 11) is -2.01. The fourth-order valence-corrected chi connectivity index (χ4v) is 3.38. The monoisotopic (exact) mass is 366 g/mol. The Labute approximate surface area is 147 Å². The molecule has 0 aliphatic heterocycles. The number of hydrogen-bond acceptors (Lipinski definition) is 3. The van der Waals surface area contributed by atoms with E-state index in [4.69, 9.17) is 11.6 Å². The van der Waals surface area contributed by atoms with Gasteiger partial charge in [0.25, 0.3) is 0 Å². The lowest BCUT2D eigenvalue weighted by Gasteiger charge is -2.17. The van der Waals surface area contributed by atoms with Crippen LogP contribution in [0, 0.1) is 0 Å². The van der Waals surface area contributed by atoms with Crippen LogP contribution in [0.25, 0.3) is 0 Å². The number of sulfonamides is 1. The Bertz CT molecular complexity index is 794. The molecule has 1 amide bonds. The van der Waals surface area contributed by atoms with E-state index in [1.54, 1.807) is 24.3 Å². The Kier molecular flexibility index (Phi) is 6.36. The van der Waals surface area contributed by atoms with Crippen molar-refractivity contribution in [2.45, 2.75) is 13.0 Å². The van der Waals surface area contributed by atoms with E-state index in [0.29, 0.717) is 10.7 Å². The standard InChI is InChI=1S/C17H19ClN2O3S/c1-20(13-14-7-3-2-4-8-14)24(22,23)12-11-17(21)19-16-10-6-5-9-15(16)18/h2-10H,11-13H2,1H3,(H,19,21). The summed E-state index contributed by atoms with van der Waals surface area (Å²) in [5.41, 5.74) is 1.36. The number of hydrogen-bond donors (Lipinski definition) is 1. The predicted molar refractivity (Wildman–Crippen MR) is 96.4 cm³/mol. The van der Waals surface area contributed by atoms with Crippen LogP contribution in [0.5, 0.6) is 0 Å². The lowest BCUT2D eigenvalue weighted by molar-refractivity contribution is -0.115. The zero-order valence-electron chi connectivity index (χ0n) is 13.3. The van der Waals surface area contributed by atoms with E-state index in [9.17, 15) is 13.2 Å². The molecule has 0 aliphatic rings. The van der Waals surface area contributed by atoms with E-state index in [1.807, 2.05) is 30.3 Å². The molecule has 1 N–H and O–H groups in total. The summed E-state index contributed by atoms with van der Waals surface area (Å²) in [5.74, 6) is -0.646. The van der Waals surface area contributed by atoms with Crippen LogP contribution < -0.4 is 5.32 Å². The quantitative estimate of drug-likeness (QED) is 0.818. The SMILES string of the molecule is CN(Cc1ccccc1)S(=O)(=O)CCC(=O)Nc1ccccc1Cl. The van der Waals surface area contributed by atoms with E-state index >= 15 is 0 Å². The number of halogens is 1. The molecule has 2 aromatic carbocycles. The van der Waals surface area contributed by atoms with Crippen LogP contribution in [0.15, 0.2) is 54.6 Å². The van der Waals surface area contributed by atoms with Crippen molar-refractivity contribution in [2.75, 3.05) is 18.1 Å². The van der Waals surface area contributed by atoms with E-state index in [-0.39, 0.29) is 24.6 Å². The minimum absolute atomic E-state index is 0.132. The molecule has 0 heterocycles. The molecule has 0 atom stereocenters. The van der Waals surface area contributed by atoms with Crippen molar-refractivity contribution in [2.24, 2.45) is 0 Å². The summed E-state index contributed by atoms with van der Waals surface area (Å²) in [6.45, 7) is 0.273. The molecule has 0 radical (unpaired) electrons. The van der Waals surface area contributed by atoms with Gasteiger partial charge in [0.2, 0.25) is 15.9 Å². The minimum Gasteiger partial charge on any atom is -0.325 e. The molecule has 24 heavy (non-hydrogen) atoms. The fourth-order valence-electron chi connectivity index (χ4n) is 2.09. The summed E-state index contributed by atoms with van der Waals surface area (Å²) in [5, 5.41) is 3.03. The third-order valence-electron chi connectivity index (χ3n) is 3.46. The normalized spacial score (nSPS) is 11.5. The second kappa shape index (κ2) is 8.28. The van der Waals surface area contributed by atoms with Gasteiger partial charge in [-0.25, -0.2) is 12.7 Å². The highest BCUT2D eigenvalue weighted by Crippen LogP contribution is 2.20. The van der Waals surface area contributed by atoms with Crippen molar-refractivity contribution >= 4 is 33.2 Å². The molecule has 2 aromatic rings.